The van der Waals surface area contributed by atoms with Crippen molar-refractivity contribution in [1.82, 2.24) is 20.2 Å². The Morgan fingerprint density at radius 1 is 1.09 bits per heavy atom. The van der Waals surface area contributed by atoms with Crippen LogP contribution in [0, 0.1) is 5.82 Å². The van der Waals surface area contributed by atoms with E-state index in [1.807, 2.05) is 0 Å². The van der Waals surface area contributed by atoms with Gasteiger partial charge in [0.15, 0.2) is 11.6 Å². The smallest absolute Gasteiger partial charge is 0.241 e. The van der Waals surface area contributed by atoms with Gasteiger partial charge in [-0.2, -0.15) is 5.10 Å². The average molecular weight is 444 g/mol. The largest absolute Gasteiger partial charge is 0.453 e. The average Bonchev–Trinajstić information content (AvgIpc) is 3.45. The molecule has 2 aromatic carbocycles. The maximum atomic E-state index is 14.9. The van der Waals surface area contributed by atoms with E-state index in [0.29, 0.717) is 22.5 Å². The number of nitrogens with one attached hydrogen (secondary N) is 3. The molecule has 0 saturated carbocycles. The molecule has 9 nitrogen and oxygen atoms in total. The van der Waals surface area contributed by atoms with E-state index in [1.165, 1.54) is 18.3 Å². The van der Waals surface area contributed by atoms with Gasteiger partial charge in [0.2, 0.25) is 11.8 Å². The number of nitrogens with two attached hydrogens (primary N) is 1. The summed E-state index contributed by atoms with van der Waals surface area (Å²) >= 11 is 0. The minimum Gasteiger partial charge on any atom is -0.453 e. The summed E-state index contributed by atoms with van der Waals surface area (Å²) in [7, 11) is 0. The molecule has 1 atom stereocenters. The minimum absolute atomic E-state index is 0.0681. The molecule has 3 heterocycles. The second kappa shape index (κ2) is 8.08. The molecule has 0 fully saturated rings. The highest BCUT2D eigenvalue weighted by Crippen LogP contribution is 2.32. The van der Waals surface area contributed by atoms with E-state index in [0.717, 1.165) is 17.0 Å². The fraction of sp³-hybridized carbons (Fsp3) is 0.0435. The maximum Gasteiger partial charge on any atom is 0.241 e. The summed E-state index contributed by atoms with van der Waals surface area (Å²) in [6, 6.07) is 12.3. The van der Waals surface area contributed by atoms with Crippen molar-refractivity contribution in [3.63, 3.8) is 0 Å². The number of amides is 2. The van der Waals surface area contributed by atoms with E-state index in [1.54, 1.807) is 42.7 Å². The summed E-state index contributed by atoms with van der Waals surface area (Å²) in [6.07, 6.45) is 4.84. The quantitative estimate of drug-likeness (QED) is 0.297. The van der Waals surface area contributed by atoms with Gasteiger partial charge in [-0.05, 0) is 48.0 Å². The van der Waals surface area contributed by atoms with Crippen LogP contribution in [0.2, 0.25) is 0 Å². The molecule has 5 N–H and O–H groups in total. The fourth-order valence-electron chi connectivity index (χ4n) is 3.60. The first-order valence-electron chi connectivity index (χ1n) is 9.92. The van der Waals surface area contributed by atoms with Crippen molar-refractivity contribution in [2.24, 2.45) is 5.73 Å². The number of anilines is 1. The number of ether oxygens (including phenoxy) is 1. The zero-order valence-electron chi connectivity index (χ0n) is 17.0. The van der Waals surface area contributed by atoms with Gasteiger partial charge in [0.25, 0.3) is 0 Å². The molecule has 5 aromatic rings. The summed E-state index contributed by atoms with van der Waals surface area (Å²) in [6.45, 7) is 0. The molecule has 0 aliphatic carbocycles. The van der Waals surface area contributed by atoms with Crippen molar-refractivity contribution in [3.8, 4) is 11.5 Å². The molecule has 0 bridgehead atoms. The predicted octanol–water partition coefficient (Wildman–Crippen LogP) is 3.58. The lowest BCUT2D eigenvalue weighted by Gasteiger charge is -2.15. The SMILES string of the molecule is NC(=O)C(C(=O)Nc1ccc2[nH]ncc2c1)c1ccc(Oc2ccnc3[nH]ccc23)c(F)c1. The summed E-state index contributed by atoms with van der Waals surface area (Å²) in [5.41, 5.74) is 7.44. The number of hydrogen-bond donors (Lipinski definition) is 4. The topological polar surface area (TPSA) is 139 Å². The molecule has 0 radical (unpaired) electrons. The highest BCUT2D eigenvalue weighted by Gasteiger charge is 2.28. The van der Waals surface area contributed by atoms with Crippen molar-refractivity contribution >= 4 is 39.4 Å². The molecule has 0 spiro atoms. The molecule has 1 unspecified atom stereocenters. The summed E-state index contributed by atoms with van der Waals surface area (Å²) < 4.78 is 20.6. The number of carbonyl (C=O) groups excluding carboxylic acids is 2. The highest BCUT2D eigenvalue weighted by atomic mass is 19.1. The molecule has 10 heteroatoms. The molecular formula is C23H17FN6O3. The Morgan fingerprint density at radius 3 is 2.79 bits per heavy atom. The molecule has 3 aromatic heterocycles. The van der Waals surface area contributed by atoms with Crippen LogP contribution in [0.4, 0.5) is 10.1 Å². The molecular weight excluding hydrogens is 427 g/mol. The van der Waals surface area contributed by atoms with Crippen LogP contribution in [-0.4, -0.2) is 32.0 Å². The van der Waals surface area contributed by atoms with Gasteiger partial charge in [0, 0.05) is 23.5 Å². The Labute approximate surface area is 185 Å². The lowest BCUT2D eigenvalue weighted by Crippen LogP contribution is -2.32. The van der Waals surface area contributed by atoms with Gasteiger partial charge in [0.05, 0.1) is 17.1 Å². The van der Waals surface area contributed by atoms with Gasteiger partial charge in [-0.15, -0.1) is 0 Å². The number of aromatic nitrogens is 4. The number of fused-ring (bicyclic) bond motifs is 2. The number of hydrogen-bond acceptors (Lipinski definition) is 5. The number of primary amides is 1. The summed E-state index contributed by atoms with van der Waals surface area (Å²) in [4.78, 5) is 32.0. The number of H-pyrrole nitrogens is 2. The van der Waals surface area contributed by atoms with Crippen molar-refractivity contribution in [1.29, 1.82) is 0 Å². The number of halogens is 1. The molecule has 33 heavy (non-hydrogen) atoms. The summed E-state index contributed by atoms with van der Waals surface area (Å²) in [5.74, 6) is -3.39. The van der Waals surface area contributed by atoms with Gasteiger partial charge < -0.3 is 20.8 Å². The van der Waals surface area contributed by atoms with E-state index >= 15 is 0 Å². The van der Waals surface area contributed by atoms with Crippen LogP contribution in [-0.2, 0) is 9.59 Å². The highest BCUT2D eigenvalue weighted by molar-refractivity contribution is 6.11. The predicted molar refractivity (Wildman–Crippen MR) is 119 cm³/mol. The van der Waals surface area contributed by atoms with E-state index in [9.17, 15) is 14.0 Å². The third kappa shape index (κ3) is 3.85. The van der Waals surface area contributed by atoms with Crippen LogP contribution >= 0.6 is 0 Å². The van der Waals surface area contributed by atoms with Crippen molar-refractivity contribution in [2.45, 2.75) is 5.92 Å². The Balaban J connectivity index is 1.39. The number of nitrogens with zero attached hydrogens (tertiary/aromatic N) is 2. The van der Waals surface area contributed by atoms with Crippen LogP contribution in [0.5, 0.6) is 11.5 Å². The Bertz CT molecular complexity index is 1510. The first kappa shape index (κ1) is 20.2. The Morgan fingerprint density at radius 2 is 1.97 bits per heavy atom. The first-order valence-corrected chi connectivity index (χ1v) is 9.92. The number of rotatable bonds is 6. The van der Waals surface area contributed by atoms with Crippen molar-refractivity contribution < 1.29 is 18.7 Å². The maximum absolute atomic E-state index is 14.9. The first-order chi connectivity index (χ1) is 16.0. The number of carbonyl (C=O) groups is 2. The van der Waals surface area contributed by atoms with Gasteiger partial charge in [-0.1, -0.05) is 6.07 Å². The lowest BCUT2D eigenvalue weighted by molar-refractivity contribution is -0.127. The van der Waals surface area contributed by atoms with Crippen LogP contribution in [0.3, 0.4) is 0 Å². The molecule has 164 valence electrons. The number of pyridine rings is 1. The normalized spacial score (nSPS) is 12.0. The van der Waals surface area contributed by atoms with E-state index in [-0.39, 0.29) is 11.3 Å². The molecule has 2 amide bonds. The van der Waals surface area contributed by atoms with E-state index in [2.05, 4.69) is 25.5 Å². The molecule has 0 saturated heterocycles. The van der Waals surface area contributed by atoms with Gasteiger partial charge in [-0.25, -0.2) is 9.37 Å². The van der Waals surface area contributed by atoms with E-state index < -0.39 is 23.5 Å². The van der Waals surface area contributed by atoms with E-state index in [4.69, 9.17) is 10.5 Å². The summed E-state index contributed by atoms with van der Waals surface area (Å²) in [5, 5.41) is 10.8. The second-order valence-corrected chi connectivity index (χ2v) is 7.34. The Hall–Kier alpha value is -4.73. The minimum atomic E-state index is -1.40. The third-order valence-electron chi connectivity index (χ3n) is 5.18. The molecule has 0 aliphatic heterocycles. The van der Waals surface area contributed by atoms with Crippen molar-refractivity contribution in [2.75, 3.05) is 5.32 Å². The van der Waals surface area contributed by atoms with Crippen LogP contribution in [0.15, 0.2) is 67.1 Å². The number of benzene rings is 2. The molecule has 0 aliphatic rings. The van der Waals surface area contributed by atoms with Crippen LogP contribution in [0.1, 0.15) is 11.5 Å². The zero-order valence-corrected chi connectivity index (χ0v) is 17.0. The molecule has 5 rings (SSSR count). The Kier molecular flexibility index (Phi) is 4.94. The lowest BCUT2D eigenvalue weighted by atomic mass is 9.97. The number of aromatic amines is 2. The fourth-order valence-corrected chi connectivity index (χ4v) is 3.60. The second-order valence-electron chi connectivity index (χ2n) is 7.34. The van der Waals surface area contributed by atoms with Gasteiger partial charge >= 0.3 is 0 Å². The van der Waals surface area contributed by atoms with Crippen LogP contribution in [0.25, 0.3) is 21.9 Å². The van der Waals surface area contributed by atoms with Crippen LogP contribution < -0.4 is 15.8 Å². The zero-order chi connectivity index (χ0) is 22.9. The van der Waals surface area contributed by atoms with Gasteiger partial charge in [-0.3, -0.25) is 14.7 Å². The third-order valence-corrected chi connectivity index (χ3v) is 5.18. The van der Waals surface area contributed by atoms with Gasteiger partial charge in [0.1, 0.15) is 17.3 Å². The monoisotopic (exact) mass is 444 g/mol. The van der Waals surface area contributed by atoms with Crippen molar-refractivity contribution in [3.05, 3.63) is 78.5 Å². The standard InChI is InChI=1S/C23H17FN6O3/c24-16-10-12(1-4-19(16)33-18-6-8-27-22-15(18)5-7-26-22)20(21(25)31)23(32)29-14-2-3-17-13(9-14)11-28-30-17/h1-11,20H,(H2,25,31)(H,26,27)(H,28,30)(H,29,32).